The molecule has 24 heavy (non-hydrogen) atoms. The summed E-state index contributed by atoms with van der Waals surface area (Å²) in [6.45, 7) is 0.534. The summed E-state index contributed by atoms with van der Waals surface area (Å²) in [7, 11) is -3.35. The van der Waals surface area contributed by atoms with Crippen LogP contribution in [0.25, 0.3) is 0 Å². The molecular formula is C18H22N2O3S. The van der Waals surface area contributed by atoms with Gasteiger partial charge in [0.15, 0.2) is 0 Å². The Morgan fingerprint density at radius 1 is 0.958 bits per heavy atom. The molecule has 0 saturated carbocycles. The highest BCUT2D eigenvalue weighted by molar-refractivity contribution is 7.88. The Balaban J connectivity index is 1.88. The molecule has 0 aliphatic rings. The van der Waals surface area contributed by atoms with Crippen LogP contribution in [0, 0.1) is 0 Å². The van der Waals surface area contributed by atoms with E-state index in [0.717, 1.165) is 5.56 Å². The highest BCUT2D eigenvalue weighted by atomic mass is 32.2. The maximum absolute atomic E-state index is 12.0. The molecular weight excluding hydrogens is 324 g/mol. The van der Waals surface area contributed by atoms with Crippen molar-refractivity contribution in [3.63, 3.8) is 0 Å². The van der Waals surface area contributed by atoms with Gasteiger partial charge < -0.3 is 5.32 Å². The summed E-state index contributed by atoms with van der Waals surface area (Å²) >= 11 is 0. The molecule has 5 nitrogen and oxygen atoms in total. The first-order valence-electron chi connectivity index (χ1n) is 7.79. The van der Waals surface area contributed by atoms with E-state index in [-0.39, 0.29) is 18.9 Å². The predicted molar refractivity (Wildman–Crippen MR) is 96.3 cm³/mol. The van der Waals surface area contributed by atoms with Crippen molar-refractivity contribution in [2.45, 2.75) is 12.8 Å². The minimum atomic E-state index is -3.35. The predicted octanol–water partition coefficient (Wildman–Crippen LogP) is 2.52. The molecule has 2 aromatic carbocycles. The molecule has 1 N–H and O–H groups in total. The fourth-order valence-electron chi connectivity index (χ4n) is 2.31. The molecule has 0 fully saturated rings. The Hall–Kier alpha value is -2.18. The number of hydrogen-bond acceptors (Lipinski definition) is 3. The number of carbonyl (C=O) groups excluding carboxylic acids is 1. The van der Waals surface area contributed by atoms with Gasteiger partial charge in [-0.25, -0.2) is 12.7 Å². The van der Waals surface area contributed by atoms with Crippen LogP contribution in [0.2, 0.25) is 0 Å². The molecule has 1 amide bonds. The summed E-state index contributed by atoms with van der Waals surface area (Å²) in [4.78, 5) is 12.0. The lowest BCUT2D eigenvalue weighted by Crippen LogP contribution is -2.34. The van der Waals surface area contributed by atoms with Gasteiger partial charge >= 0.3 is 0 Å². The van der Waals surface area contributed by atoms with Crippen molar-refractivity contribution in [1.82, 2.24) is 4.31 Å². The number of para-hydroxylation sites is 1. The molecule has 0 bridgehead atoms. The lowest BCUT2D eigenvalue weighted by Gasteiger charge is -2.19. The third-order valence-corrected chi connectivity index (χ3v) is 4.91. The van der Waals surface area contributed by atoms with Gasteiger partial charge in [-0.2, -0.15) is 0 Å². The van der Waals surface area contributed by atoms with Crippen LogP contribution in [0.4, 0.5) is 5.69 Å². The SMILES string of the molecule is CS(=O)(=O)N(CCC(=O)Nc1ccccc1)CCc1ccccc1. The molecule has 2 aromatic rings. The van der Waals surface area contributed by atoms with E-state index < -0.39 is 10.0 Å². The largest absolute Gasteiger partial charge is 0.326 e. The van der Waals surface area contributed by atoms with Crippen molar-refractivity contribution in [2.24, 2.45) is 0 Å². The smallest absolute Gasteiger partial charge is 0.225 e. The van der Waals surface area contributed by atoms with E-state index in [2.05, 4.69) is 5.32 Å². The number of sulfonamides is 1. The molecule has 0 saturated heterocycles. The maximum atomic E-state index is 12.0. The van der Waals surface area contributed by atoms with Crippen LogP contribution in [-0.4, -0.2) is 38.0 Å². The zero-order valence-electron chi connectivity index (χ0n) is 13.7. The third-order valence-electron chi connectivity index (χ3n) is 3.61. The monoisotopic (exact) mass is 346 g/mol. The topological polar surface area (TPSA) is 66.5 Å². The zero-order valence-corrected chi connectivity index (χ0v) is 14.5. The van der Waals surface area contributed by atoms with Gasteiger partial charge in [0.05, 0.1) is 6.26 Å². The lowest BCUT2D eigenvalue weighted by atomic mass is 10.1. The average molecular weight is 346 g/mol. The van der Waals surface area contributed by atoms with E-state index in [0.29, 0.717) is 18.7 Å². The third kappa shape index (κ3) is 6.14. The average Bonchev–Trinajstić information content (AvgIpc) is 2.55. The van der Waals surface area contributed by atoms with Crippen molar-refractivity contribution in [1.29, 1.82) is 0 Å². The molecule has 0 aliphatic carbocycles. The second kappa shape index (κ2) is 8.61. The second-order valence-corrected chi connectivity index (χ2v) is 7.54. The highest BCUT2D eigenvalue weighted by Crippen LogP contribution is 2.08. The number of nitrogens with zero attached hydrogens (tertiary/aromatic N) is 1. The molecule has 0 aromatic heterocycles. The van der Waals surface area contributed by atoms with Crippen LogP contribution in [0.5, 0.6) is 0 Å². The number of hydrogen-bond donors (Lipinski definition) is 1. The van der Waals surface area contributed by atoms with Crippen LogP contribution < -0.4 is 5.32 Å². The minimum Gasteiger partial charge on any atom is -0.326 e. The van der Waals surface area contributed by atoms with Gasteiger partial charge in [-0.3, -0.25) is 4.79 Å². The van der Waals surface area contributed by atoms with Crippen molar-refractivity contribution in [2.75, 3.05) is 24.7 Å². The van der Waals surface area contributed by atoms with Crippen LogP contribution >= 0.6 is 0 Å². The van der Waals surface area contributed by atoms with Crippen LogP contribution in [0.15, 0.2) is 60.7 Å². The molecule has 0 heterocycles. The van der Waals surface area contributed by atoms with E-state index in [1.54, 1.807) is 12.1 Å². The summed E-state index contributed by atoms with van der Waals surface area (Å²) < 4.78 is 25.2. The zero-order chi connectivity index (χ0) is 17.4. The number of benzene rings is 2. The van der Waals surface area contributed by atoms with E-state index >= 15 is 0 Å². The number of rotatable bonds is 8. The van der Waals surface area contributed by atoms with Gasteiger partial charge in [0.1, 0.15) is 0 Å². The van der Waals surface area contributed by atoms with Gasteiger partial charge in [0, 0.05) is 25.2 Å². The summed E-state index contributed by atoms with van der Waals surface area (Å²) in [5, 5.41) is 2.76. The number of anilines is 1. The fourth-order valence-corrected chi connectivity index (χ4v) is 3.16. The van der Waals surface area contributed by atoms with E-state index in [9.17, 15) is 13.2 Å². The number of carbonyl (C=O) groups is 1. The molecule has 0 unspecified atom stereocenters. The lowest BCUT2D eigenvalue weighted by molar-refractivity contribution is -0.116. The maximum Gasteiger partial charge on any atom is 0.225 e. The van der Waals surface area contributed by atoms with Gasteiger partial charge in [-0.15, -0.1) is 0 Å². The Morgan fingerprint density at radius 3 is 2.12 bits per heavy atom. The van der Waals surface area contributed by atoms with Crippen LogP contribution in [0.3, 0.4) is 0 Å². The van der Waals surface area contributed by atoms with E-state index in [1.165, 1.54) is 10.6 Å². The summed E-state index contributed by atoms with van der Waals surface area (Å²) in [6, 6.07) is 18.8. The van der Waals surface area contributed by atoms with E-state index in [4.69, 9.17) is 0 Å². The van der Waals surface area contributed by atoms with Crippen molar-refractivity contribution < 1.29 is 13.2 Å². The quantitative estimate of drug-likeness (QED) is 0.799. The standard InChI is InChI=1S/C18H22N2O3S/c1-24(22,23)20(14-12-16-8-4-2-5-9-16)15-13-18(21)19-17-10-6-3-7-11-17/h2-11H,12-15H2,1H3,(H,19,21). The molecule has 0 spiro atoms. The molecule has 0 atom stereocenters. The summed E-state index contributed by atoms with van der Waals surface area (Å²) in [5.41, 5.74) is 1.78. The summed E-state index contributed by atoms with van der Waals surface area (Å²) in [5.74, 6) is -0.199. The van der Waals surface area contributed by atoms with Gasteiger partial charge in [-0.05, 0) is 24.1 Å². The second-order valence-electron chi connectivity index (χ2n) is 5.56. The first-order chi connectivity index (χ1) is 11.4. The highest BCUT2D eigenvalue weighted by Gasteiger charge is 2.17. The number of amides is 1. The Bertz CT molecular complexity index is 746. The Morgan fingerprint density at radius 2 is 1.54 bits per heavy atom. The van der Waals surface area contributed by atoms with E-state index in [1.807, 2.05) is 48.5 Å². The van der Waals surface area contributed by atoms with Crippen molar-refractivity contribution in [3.05, 3.63) is 66.2 Å². The molecule has 6 heteroatoms. The normalized spacial score (nSPS) is 11.4. The minimum absolute atomic E-state index is 0.122. The molecule has 128 valence electrons. The summed E-state index contributed by atoms with van der Waals surface area (Å²) in [6.07, 6.45) is 1.91. The van der Waals surface area contributed by atoms with Crippen LogP contribution in [-0.2, 0) is 21.2 Å². The number of nitrogens with one attached hydrogen (secondary N) is 1. The van der Waals surface area contributed by atoms with Crippen LogP contribution in [0.1, 0.15) is 12.0 Å². The Kier molecular flexibility index (Phi) is 6.52. The van der Waals surface area contributed by atoms with Gasteiger partial charge in [0.2, 0.25) is 15.9 Å². The first kappa shape index (κ1) is 18.2. The molecule has 0 radical (unpaired) electrons. The first-order valence-corrected chi connectivity index (χ1v) is 9.64. The van der Waals surface area contributed by atoms with Gasteiger partial charge in [-0.1, -0.05) is 48.5 Å². The molecule has 0 aliphatic heterocycles. The van der Waals surface area contributed by atoms with Gasteiger partial charge in [0.25, 0.3) is 0 Å². The Labute approximate surface area is 143 Å². The van der Waals surface area contributed by atoms with Crippen molar-refractivity contribution >= 4 is 21.6 Å². The van der Waals surface area contributed by atoms with Crippen molar-refractivity contribution in [3.8, 4) is 0 Å². The molecule has 2 rings (SSSR count). The fraction of sp³-hybridized carbons (Fsp3) is 0.278.